The van der Waals surface area contributed by atoms with E-state index in [1.807, 2.05) is 24.3 Å². The fraction of sp³-hybridized carbons (Fsp3) is 0.389. The molecule has 2 aliphatic rings. The first-order valence-electron chi connectivity index (χ1n) is 8.52. The molecule has 2 amide bonds. The van der Waals surface area contributed by atoms with Gasteiger partial charge in [0.2, 0.25) is 0 Å². The van der Waals surface area contributed by atoms with Gasteiger partial charge in [-0.25, -0.2) is 4.79 Å². The quantitative estimate of drug-likeness (QED) is 0.820. The van der Waals surface area contributed by atoms with Crippen LogP contribution >= 0.6 is 11.6 Å². The van der Waals surface area contributed by atoms with Crippen molar-refractivity contribution in [3.8, 4) is 0 Å². The van der Waals surface area contributed by atoms with Crippen LogP contribution in [0, 0.1) is 0 Å². The van der Waals surface area contributed by atoms with Crippen LogP contribution in [0.1, 0.15) is 16.1 Å². The molecule has 2 fully saturated rings. The van der Waals surface area contributed by atoms with Crippen LogP contribution in [0.5, 0.6) is 0 Å². The first kappa shape index (κ1) is 16.9. The number of likely N-dealkylation sites (tertiary alicyclic amines) is 1. The van der Waals surface area contributed by atoms with Crippen molar-refractivity contribution in [2.75, 3.05) is 19.6 Å². The molecule has 0 saturated carbocycles. The molecule has 2 atom stereocenters. The number of aromatic nitrogens is 2. The molecule has 136 valence electrons. The number of benzene rings is 1. The number of nitrogens with zero attached hydrogens (tertiary/aromatic N) is 4. The second kappa shape index (κ2) is 6.64. The monoisotopic (exact) mass is 374 g/mol. The van der Waals surface area contributed by atoms with E-state index >= 15 is 0 Å². The summed E-state index contributed by atoms with van der Waals surface area (Å²) in [6.07, 6.45) is 1.70. The highest BCUT2D eigenvalue weighted by Crippen LogP contribution is 2.28. The number of halogens is 1. The third kappa shape index (κ3) is 3.03. The van der Waals surface area contributed by atoms with Crippen LogP contribution in [0.4, 0.5) is 4.79 Å². The van der Waals surface area contributed by atoms with Crippen LogP contribution in [0.15, 0.2) is 36.5 Å². The minimum absolute atomic E-state index is 0.0924. The number of hydrogen-bond acceptors (Lipinski definition) is 4. The fourth-order valence-corrected chi connectivity index (χ4v) is 3.83. The molecule has 8 heteroatoms. The van der Waals surface area contributed by atoms with Gasteiger partial charge < -0.3 is 9.64 Å². The average Bonchev–Trinajstić information content (AvgIpc) is 3.27. The summed E-state index contributed by atoms with van der Waals surface area (Å²) in [6, 6.07) is 9.18. The zero-order valence-corrected chi connectivity index (χ0v) is 15.1. The summed E-state index contributed by atoms with van der Waals surface area (Å²) in [5.41, 5.74) is 1.59. The van der Waals surface area contributed by atoms with E-state index in [0.717, 1.165) is 5.56 Å². The molecule has 0 unspecified atom stereocenters. The van der Waals surface area contributed by atoms with Gasteiger partial charge in [-0.2, -0.15) is 5.10 Å². The van der Waals surface area contributed by atoms with E-state index in [4.69, 9.17) is 16.3 Å². The molecule has 3 heterocycles. The molecule has 2 saturated heterocycles. The summed E-state index contributed by atoms with van der Waals surface area (Å²) < 4.78 is 7.04. The molecule has 2 aromatic rings. The van der Waals surface area contributed by atoms with Gasteiger partial charge in [0.1, 0.15) is 11.8 Å². The molecule has 2 aliphatic heterocycles. The average molecular weight is 375 g/mol. The highest BCUT2D eigenvalue weighted by Gasteiger charge is 2.48. The van der Waals surface area contributed by atoms with Gasteiger partial charge in [-0.15, -0.1) is 0 Å². The topological polar surface area (TPSA) is 67.7 Å². The number of ether oxygens (including phenoxy) is 1. The normalized spacial score (nSPS) is 21.8. The molecule has 0 bridgehead atoms. The minimum Gasteiger partial charge on any atom is -0.442 e. The molecular weight excluding hydrogens is 356 g/mol. The number of hydrogen-bond donors (Lipinski definition) is 0. The van der Waals surface area contributed by atoms with Crippen LogP contribution in [-0.4, -0.2) is 63.4 Å². The third-order valence-electron chi connectivity index (χ3n) is 4.98. The Morgan fingerprint density at radius 3 is 2.92 bits per heavy atom. The van der Waals surface area contributed by atoms with E-state index < -0.39 is 0 Å². The molecule has 0 spiro atoms. The lowest BCUT2D eigenvalue weighted by Gasteiger charge is -2.22. The predicted molar refractivity (Wildman–Crippen MR) is 95.0 cm³/mol. The van der Waals surface area contributed by atoms with E-state index in [1.54, 1.807) is 33.8 Å². The molecule has 26 heavy (non-hydrogen) atoms. The number of aryl methyl sites for hydroxylation is 1. The lowest BCUT2D eigenvalue weighted by molar-refractivity contribution is 0.0718. The van der Waals surface area contributed by atoms with Crippen molar-refractivity contribution in [1.29, 1.82) is 0 Å². The van der Waals surface area contributed by atoms with Gasteiger partial charge in [-0.1, -0.05) is 23.7 Å². The van der Waals surface area contributed by atoms with Crippen LogP contribution in [-0.2, 0) is 18.2 Å². The Balaban J connectivity index is 1.43. The van der Waals surface area contributed by atoms with Gasteiger partial charge in [-0.3, -0.25) is 14.4 Å². The number of amides is 2. The molecule has 1 aromatic carbocycles. The van der Waals surface area contributed by atoms with E-state index in [0.29, 0.717) is 36.8 Å². The summed E-state index contributed by atoms with van der Waals surface area (Å²) in [7, 11) is 1.74. The summed E-state index contributed by atoms with van der Waals surface area (Å²) in [6.45, 7) is 1.41. The second-order valence-corrected chi connectivity index (χ2v) is 7.05. The Labute approximate surface area is 156 Å². The highest BCUT2D eigenvalue weighted by molar-refractivity contribution is 6.30. The number of carbonyl (C=O) groups excluding carboxylic acids is 2. The largest absolute Gasteiger partial charge is 0.442 e. The van der Waals surface area contributed by atoms with E-state index in [1.165, 1.54) is 0 Å². The lowest BCUT2D eigenvalue weighted by atomic mass is 10.1. The van der Waals surface area contributed by atoms with Gasteiger partial charge in [0, 0.05) is 31.4 Å². The Morgan fingerprint density at radius 1 is 1.35 bits per heavy atom. The molecule has 1 aromatic heterocycles. The Kier molecular flexibility index (Phi) is 4.32. The maximum Gasteiger partial charge on any atom is 0.410 e. The van der Waals surface area contributed by atoms with Gasteiger partial charge in [0.25, 0.3) is 5.91 Å². The van der Waals surface area contributed by atoms with Crippen molar-refractivity contribution in [2.24, 2.45) is 7.05 Å². The van der Waals surface area contributed by atoms with Gasteiger partial charge in [0.15, 0.2) is 0 Å². The number of fused-ring (bicyclic) bond motifs is 1. The van der Waals surface area contributed by atoms with Crippen LogP contribution in [0.25, 0.3) is 0 Å². The van der Waals surface area contributed by atoms with Crippen molar-refractivity contribution in [3.63, 3.8) is 0 Å². The number of rotatable bonds is 4. The van der Waals surface area contributed by atoms with Crippen LogP contribution in [0.2, 0.25) is 5.02 Å². The van der Waals surface area contributed by atoms with Crippen molar-refractivity contribution >= 4 is 23.6 Å². The first-order chi connectivity index (χ1) is 12.5. The zero-order valence-electron chi connectivity index (χ0n) is 14.3. The van der Waals surface area contributed by atoms with Crippen molar-refractivity contribution in [1.82, 2.24) is 19.6 Å². The SMILES string of the molecule is Cn1nccc1C(=O)N1C[C@@H]2OC(=O)N(CCc3cccc(Cl)c3)[C@@H]2C1. The van der Waals surface area contributed by atoms with Gasteiger partial charge >= 0.3 is 6.09 Å². The molecule has 0 radical (unpaired) electrons. The van der Waals surface area contributed by atoms with Crippen molar-refractivity contribution < 1.29 is 14.3 Å². The Morgan fingerprint density at radius 2 is 2.19 bits per heavy atom. The summed E-state index contributed by atoms with van der Waals surface area (Å²) >= 11 is 6.02. The van der Waals surface area contributed by atoms with Gasteiger partial charge in [-0.05, 0) is 30.2 Å². The Bertz CT molecular complexity index is 852. The smallest absolute Gasteiger partial charge is 0.410 e. The second-order valence-electron chi connectivity index (χ2n) is 6.61. The lowest BCUT2D eigenvalue weighted by Crippen LogP contribution is -2.40. The predicted octanol–water partition coefficient (Wildman–Crippen LogP) is 1.96. The fourth-order valence-electron chi connectivity index (χ4n) is 3.62. The summed E-state index contributed by atoms with van der Waals surface area (Å²) in [5, 5.41) is 4.72. The van der Waals surface area contributed by atoms with E-state index in [-0.39, 0.29) is 24.1 Å². The van der Waals surface area contributed by atoms with Crippen molar-refractivity contribution in [2.45, 2.75) is 18.6 Å². The zero-order chi connectivity index (χ0) is 18.3. The Hall–Kier alpha value is -2.54. The summed E-state index contributed by atoms with van der Waals surface area (Å²) in [5.74, 6) is -0.0924. The maximum atomic E-state index is 12.7. The molecule has 0 N–H and O–H groups in total. The molecule has 4 rings (SSSR count). The van der Waals surface area contributed by atoms with E-state index in [2.05, 4.69) is 5.10 Å². The van der Waals surface area contributed by atoms with Crippen LogP contribution in [0.3, 0.4) is 0 Å². The molecular formula is C18H19ClN4O3. The minimum atomic E-state index is -0.310. The third-order valence-corrected chi connectivity index (χ3v) is 5.22. The maximum absolute atomic E-state index is 12.7. The molecule has 7 nitrogen and oxygen atoms in total. The van der Waals surface area contributed by atoms with E-state index in [9.17, 15) is 9.59 Å². The van der Waals surface area contributed by atoms with Crippen LogP contribution < -0.4 is 0 Å². The molecule has 0 aliphatic carbocycles. The summed E-state index contributed by atoms with van der Waals surface area (Å²) in [4.78, 5) is 28.3. The van der Waals surface area contributed by atoms with Gasteiger partial charge in [0.05, 0.1) is 12.6 Å². The standard InChI is InChI=1S/C18H19ClN4O3/c1-21-14(5-7-20-21)17(24)22-10-15-16(11-22)26-18(25)23(15)8-6-12-3-2-4-13(19)9-12/h2-5,7,9,15-16H,6,8,10-11H2,1H3/t15-,16+/m1/s1. The number of carbonyl (C=O) groups is 2. The first-order valence-corrected chi connectivity index (χ1v) is 8.89. The highest BCUT2D eigenvalue weighted by atomic mass is 35.5. The van der Waals surface area contributed by atoms with Crippen molar-refractivity contribution in [3.05, 3.63) is 52.8 Å².